The van der Waals surface area contributed by atoms with Crippen LogP contribution in [-0.4, -0.2) is 25.1 Å². The summed E-state index contributed by atoms with van der Waals surface area (Å²) in [5.74, 6) is 0. The Morgan fingerprint density at radius 2 is 2.50 bits per heavy atom. The summed E-state index contributed by atoms with van der Waals surface area (Å²) >= 11 is 0. The van der Waals surface area contributed by atoms with E-state index in [1.54, 1.807) is 7.05 Å². The summed E-state index contributed by atoms with van der Waals surface area (Å²) in [5.41, 5.74) is 0. The molecule has 3 nitrogen and oxygen atoms in total. The lowest BCUT2D eigenvalue weighted by Crippen LogP contribution is -2.04. The highest BCUT2D eigenvalue weighted by Crippen LogP contribution is 1.66. The fourth-order valence-electron chi connectivity index (χ4n) is 0.0408. The fraction of sp³-hybridized carbons (Fsp3) is 0.333. The number of nitrogens with zero attached hydrogens (tertiary/aromatic N) is 2. The third kappa shape index (κ3) is 1.46. The van der Waals surface area contributed by atoms with Crippen molar-refractivity contribution < 1.29 is 0 Å². The van der Waals surface area contributed by atoms with Crippen molar-refractivity contribution in [3.8, 4) is 0 Å². The molecule has 0 spiro atoms. The number of hydrazone groups is 1. The zero-order chi connectivity index (χ0) is 4.99. The topological polar surface area (TPSA) is 39.5 Å². The van der Waals surface area contributed by atoms with Gasteiger partial charge >= 0.3 is 0 Å². The minimum Gasteiger partial charge on any atom is -0.290 e. The van der Waals surface area contributed by atoms with Crippen LogP contribution in [0.5, 0.6) is 0 Å². The minimum absolute atomic E-state index is 1.08. The van der Waals surface area contributed by atoms with Crippen molar-refractivity contribution in [2.75, 3.05) is 7.05 Å². The van der Waals surface area contributed by atoms with Crippen molar-refractivity contribution in [2.45, 2.75) is 0 Å². The van der Waals surface area contributed by atoms with E-state index in [1.165, 1.54) is 5.01 Å². The van der Waals surface area contributed by atoms with Crippen LogP contribution in [0, 0.1) is 5.41 Å². The maximum atomic E-state index is 6.48. The highest BCUT2D eigenvalue weighted by atomic mass is 15.4. The Morgan fingerprint density at radius 1 is 2.00 bits per heavy atom. The molecule has 1 N–H and O–H groups in total. The zero-order valence-corrected chi connectivity index (χ0v) is 3.68. The Labute approximate surface area is 36.8 Å². The number of rotatable bonds is 2. The molecule has 0 saturated carbocycles. The van der Waals surface area contributed by atoms with Crippen LogP contribution in [0.3, 0.4) is 0 Å². The Hall–Kier alpha value is -0.860. The first kappa shape index (κ1) is 5.14. The van der Waals surface area contributed by atoms with Gasteiger partial charge in [-0.2, -0.15) is 5.10 Å². The molecule has 34 valence electrons. The summed E-state index contributed by atoms with van der Waals surface area (Å²) in [6, 6.07) is 0. The van der Waals surface area contributed by atoms with Crippen LogP contribution in [0.1, 0.15) is 0 Å². The van der Waals surface area contributed by atoms with Crippen LogP contribution in [0.25, 0.3) is 0 Å². The van der Waals surface area contributed by atoms with E-state index in [1.807, 2.05) is 0 Å². The molecule has 0 aromatic carbocycles. The van der Waals surface area contributed by atoms with Gasteiger partial charge in [0.05, 0.1) is 0 Å². The number of nitrogens with one attached hydrogen (secondary N) is 1. The second-order valence-corrected chi connectivity index (χ2v) is 0.844. The van der Waals surface area contributed by atoms with E-state index in [2.05, 4.69) is 11.8 Å². The Kier molecular flexibility index (Phi) is 2.04. The molecule has 0 aromatic heterocycles. The predicted octanol–water partition coefficient (Wildman–Crippen LogP) is 0.141. The van der Waals surface area contributed by atoms with Crippen LogP contribution in [0.2, 0.25) is 0 Å². The molecule has 0 aliphatic carbocycles. The molecule has 3 heteroatoms. The molecular weight excluding hydrogens is 78.1 g/mol. The molecular formula is C3H7N3. The summed E-state index contributed by atoms with van der Waals surface area (Å²) in [6.45, 7) is 3.16. The lowest BCUT2D eigenvalue weighted by atomic mass is 11.1. The van der Waals surface area contributed by atoms with Gasteiger partial charge in [0.2, 0.25) is 0 Å². The maximum absolute atomic E-state index is 6.48. The van der Waals surface area contributed by atoms with Gasteiger partial charge in [0.15, 0.2) is 0 Å². The van der Waals surface area contributed by atoms with Crippen LogP contribution in [-0.2, 0) is 0 Å². The molecule has 0 fully saturated rings. The number of hydrogen-bond acceptors (Lipinski definition) is 2. The quantitative estimate of drug-likeness (QED) is 0.289. The Balaban J connectivity index is 3.21. The maximum Gasteiger partial charge on any atom is 0.102 e. The minimum atomic E-state index is 1.08. The Morgan fingerprint density at radius 3 is 2.50 bits per heavy atom. The molecule has 0 aromatic rings. The van der Waals surface area contributed by atoms with Gasteiger partial charge in [-0.25, -0.2) is 0 Å². The average Bonchev–Trinajstić information content (AvgIpc) is 1.65. The van der Waals surface area contributed by atoms with Gasteiger partial charge in [0, 0.05) is 13.8 Å². The van der Waals surface area contributed by atoms with E-state index in [0.717, 1.165) is 6.34 Å². The molecule has 6 heavy (non-hydrogen) atoms. The van der Waals surface area contributed by atoms with E-state index in [4.69, 9.17) is 5.41 Å². The van der Waals surface area contributed by atoms with Gasteiger partial charge in [-0.3, -0.25) is 10.4 Å². The standard InChI is InChI=1S/C3H7N3/c1-5-6(2)3-4/h3-4H,1H2,2H3. The summed E-state index contributed by atoms with van der Waals surface area (Å²) < 4.78 is 0. The summed E-state index contributed by atoms with van der Waals surface area (Å²) in [6.07, 6.45) is 1.08. The van der Waals surface area contributed by atoms with E-state index in [-0.39, 0.29) is 0 Å². The van der Waals surface area contributed by atoms with Crippen molar-refractivity contribution in [2.24, 2.45) is 5.10 Å². The molecule has 0 saturated heterocycles. The molecule has 0 aliphatic heterocycles. The smallest absolute Gasteiger partial charge is 0.102 e. The largest absolute Gasteiger partial charge is 0.290 e. The van der Waals surface area contributed by atoms with Gasteiger partial charge in [-0.15, -0.1) is 0 Å². The lowest BCUT2D eigenvalue weighted by Gasteiger charge is -1.97. The van der Waals surface area contributed by atoms with Crippen molar-refractivity contribution >= 4 is 13.1 Å². The van der Waals surface area contributed by atoms with Gasteiger partial charge in [-0.1, -0.05) is 0 Å². The molecule has 0 unspecified atom stereocenters. The van der Waals surface area contributed by atoms with Gasteiger partial charge in [-0.05, 0) is 0 Å². The molecule has 0 atom stereocenters. The first-order valence-electron chi connectivity index (χ1n) is 1.51. The second kappa shape index (κ2) is 2.38. The lowest BCUT2D eigenvalue weighted by molar-refractivity contribution is 0.564. The second-order valence-electron chi connectivity index (χ2n) is 0.844. The van der Waals surface area contributed by atoms with Gasteiger partial charge < -0.3 is 0 Å². The third-order valence-electron chi connectivity index (χ3n) is 0.410. The average molecular weight is 85.1 g/mol. The molecule has 0 heterocycles. The third-order valence-corrected chi connectivity index (χ3v) is 0.410. The molecule has 0 bridgehead atoms. The van der Waals surface area contributed by atoms with E-state index < -0.39 is 0 Å². The van der Waals surface area contributed by atoms with Crippen LogP contribution >= 0.6 is 0 Å². The Bertz CT molecular complexity index is 51.1. The summed E-state index contributed by atoms with van der Waals surface area (Å²) in [4.78, 5) is 0. The van der Waals surface area contributed by atoms with Crippen LogP contribution < -0.4 is 0 Å². The fourth-order valence-corrected chi connectivity index (χ4v) is 0.0408. The monoisotopic (exact) mass is 85.1 g/mol. The predicted molar refractivity (Wildman–Crippen MR) is 26.1 cm³/mol. The van der Waals surface area contributed by atoms with Crippen LogP contribution in [0.4, 0.5) is 0 Å². The molecule has 0 rings (SSSR count). The zero-order valence-electron chi connectivity index (χ0n) is 3.68. The molecule has 0 radical (unpaired) electrons. The first-order valence-corrected chi connectivity index (χ1v) is 1.51. The van der Waals surface area contributed by atoms with Crippen molar-refractivity contribution in [3.63, 3.8) is 0 Å². The highest BCUT2D eigenvalue weighted by molar-refractivity contribution is 5.50. The molecule has 0 amide bonds. The van der Waals surface area contributed by atoms with Gasteiger partial charge in [0.1, 0.15) is 6.34 Å². The van der Waals surface area contributed by atoms with E-state index in [0.29, 0.717) is 0 Å². The van der Waals surface area contributed by atoms with Crippen molar-refractivity contribution in [1.82, 2.24) is 5.01 Å². The van der Waals surface area contributed by atoms with Gasteiger partial charge in [0.25, 0.3) is 0 Å². The van der Waals surface area contributed by atoms with Crippen molar-refractivity contribution in [3.05, 3.63) is 0 Å². The normalized spacial score (nSPS) is 6.83. The highest BCUT2D eigenvalue weighted by Gasteiger charge is 1.71. The van der Waals surface area contributed by atoms with Crippen molar-refractivity contribution in [1.29, 1.82) is 5.41 Å². The van der Waals surface area contributed by atoms with Crippen LogP contribution in [0.15, 0.2) is 5.10 Å². The first-order chi connectivity index (χ1) is 2.81. The summed E-state index contributed by atoms with van der Waals surface area (Å²) in [7, 11) is 1.64. The molecule has 0 aliphatic rings. The number of hydrogen-bond donors (Lipinski definition) is 1. The van der Waals surface area contributed by atoms with E-state index in [9.17, 15) is 0 Å². The SMILES string of the molecule is C=NN(C)C=N. The summed E-state index contributed by atoms with van der Waals surface area (Å²) in [5, 5.41) is 11.1. The van der Waals surface area contributed by atoms with E-state index >= 15 is 0 Å².